The van der Waals surface area contributed by atoms with Crippen molar-refractivity contribution in [3.8, 4) is 11.5 Å². The van der Waals surface area contributed by atoms with E-state index in [9.17, 15) is 4.79 Å². The molecule has 29 heavy (non-hydrogen) atoms. The van der Waals surface area contributed by atoms with Gasteiger partial charge in [0.15, 0.2) is 6.61 Å². The minimum Gasteiger partial charge on any atom is -0.494 e. The zero-order chi connectivity index (χ0) is 20.5. The van der Waals surface area contributed by atoms with Gasteiger partial charge in [0.2, 0.25) is 0 Å². The summed E-state index contributed by atoms with van der Waals surface area (Å²) in [5, 5.41) is 2.86. The van der Waals surface area contributed by atoms with Crippen LogP contribution in [0.25, 0.3) is 0 Å². The summed E-state index contributed by atoms with van der Waals surface area (Å²) in [6.07, 6.45) is 1.91. The number of benzene rings is 3. The van der Waals surface area contributed by atoms with Crippen LogP contribution in [0.5, 0.6) is 11.5 Å². The van der Waals surface area contributed by atoms with Crippen molar-refractivity contribution >= 4 is 11.6 Å². The molecule has 0 unspecified atom stereocenters. The number of rotatable bonds is 9. The topological polar surface area (TPSA) is 47.6 Å². The predicted molar refractivity (Wildman–Crippen MR) is 117 cm³/mol. The van der Waals surface area contributed by atoms with Crippen LogP contribution < -0.4 is 14.8 Å². The van der Waals surface area contributed by atoms with E-state index in [-0.39, 0.29) is 12.5 Å². The number of aryl methyl sites for hydroxylation is 2. The smallest absolute Gasteiger partial charge is 0.262 e. The number of nitrogens with one attached hydrogen (secondary N) is 1. The molecular weight excluding hydrogens is 362 g/mol. The third-order valence-electron chi connectivity index (χ3n) is 4.75. The van der Waals surface area contributed by atoms with Gasteiger partial charge in [-0.3, -0.25) is 4.79 Å². The summed E-state index contributed by atoms with van der Waals surface area (Å²) in [5.41, 5.74) is 4.19. The first-order chi connectivity index (χ1) is 14.1. The van der Waals surface area contributed by atoms with Crippen molar-refractivity contribution in [2.45, 2.75) is 26.7 Å². The predicted octanol–water partition coefficient (Wildman–Crippen LogP) is 5.33. The molecule has 0 fully saturated rings. The third-order valence-corrected chi connectivity index (χ3v) is 4.75. The molecular formula is C25H27NO3. The number of ether oxygens (including phenoxy) is 2. The van der Waals surface area contributed by atoms with Crippen LogP contribution in [-0.2, 0) is 11.2 Å². The highest BCUT2D eigenvalue weighted by Crippen LogP contribution is 2.21. The Morgan fingerprint density at radius 2 is 1.69 bits per heavy atom. The van der Waals surface area contributed by atoms with Gasteiger partial charge in [0.1, 0.15) is 11.5 Å². The first kappa shape index (κ1) is 20.5. The summed E-state index contributed by atoms with van der Waals surface area (Å²) in [5.74, 6) is 1.27. The van der Waals surface area contributed by atoms with E-state index < -0.39 is 0 Å². The summed E-state index contributed by atoms with van der Waals surface area (Å²) < 4.78 is 11.5. The molecule has 0 atom stereocenters. The van der Waals surface area contributed by atoms with Crippen LogP contribution in [-0.4, -0.2) is 19.1 Å². The summed E-state index contributed by atoms with van der Waals surface area (Å²) in [6.45, 7) is 4.60. The van der Waals surface area contributed by atoms with Gasteiger partial charge in [-0.05, 0) is 61.6 Å². The highest BCUT2D eigenvalue weighted by atomic mass is 16.5. The molecule has 0 bridgehead atoms. The number of hydrogen-bond donors (Lipinski definition) is 1. The van der Waals surface area contributed by atoms with Crippen molar-refractivity contribution < 1.29 is 14.3 Å². The van der Waals surface area contributed by atoms with Crippen molar-refractivity contribution in [3.05, 3.63) is 89.5 Å². The van der Waals surface area contributed by atoms with Crippen molar-refractivity contribution in [2.24, 2.45) is 0 Å². The molecule has 0 saturated heterocycles. The second-order valence-electron chi connectivity index (χ2n) is 7.00. The molecule has 4 nitrogen and oxygen atoms in total. The number of hydrogen-bond acceptors (Lipinski definition) is 3. The Hall–Kier alpha value is -3.27. The van der Waals surface area contributed by atoms with Crippen molar-refractivity contribution in [1.29, 1.82) is 0 Å². The fourth-order valence-electron chi connectivity index (χ4n) is 3.00. The van der Waals surface area contributed by atoms with Crippen molar-refractivity contribution in [3.63, 3.8) is 0 Å². The fraction of sp³-hybridized carbons (Fsp3) is 0.240. The van der Waals surface area contributed by atoms with E-state index in [2.05, 4.69) is 17.4 Å². The SMILES string of the molecule is Cc1cccc(OCC(=O)Nc2cccc(OCCCc3ccccc3)c2)c1C. The van der Waals surface area contributed by atoms with Crippen LogP contribution in [0.3, 0.4) is 0 Å². The molecule has 4 heteroatoms. The summed E-state index contributed by atoms with van der Waals surface area (Å²) >= 11 is 0. The second kappa shape index (κ2) is 10.3. The Kier molecular flexibility index (Phi) is 7.28. The molecule has 3 aromatic rings. The van der Waals surface area contributed by atoms with Crippen LogP contribution in [0.15, 0.2) is 72.8 Å². The maximum absolute atomic E-state index is 12.2. The zero-order valence-electron chi connectivity index (χ0n) is 17.0. The summed E-state index contributed by atoms with van der Waals surface area (Å²) in [4.78, 5) is 12.2. The number of carbonyl (C=O) groups excluding carboxylic acids is 1. The number of amides is 1. The minimum absolute atomic E-state index is 0.0353. The Bertz CT molecular complexity index is 938. The third kappa shape index (κ3) is 6.39. The Morgan fingerprint density at radius 1 is 0.897 bits per heavy atom. The van der Waals surface area contributed by atoms with Gasteiger partial charge in [0.05, 0.1) is 6.61 Å². The number of carbonyl (C=O) groups is 1. The summed E-state index contributed by atoms with van der Waals surface area (Å²) in [6, 6.07) is 23.6. The molecule has 0 spiro atoms. The van der Waals surface area contributed by atoms with Crippen LogP contribution in [0.4, 0.5) is 5.69 Å². The van der Waals surface area contributed by atoms with E-state index in [0.717, 1.165) is 35.5 Å². The first-order valence-electron chi connectivity index (χ1n) is 9.87. The Balaban J connectivity index is 1.45. The van der Waals surface area contributed by atoms with E-state index in [1.807, 2.05) is 74.5 Å². The van der Waals surface area contributed by atoms with Gasteiger partial charge in [-0.2, -0.15) is 0 Å². The minimum atomic E-state index is -0.202. The van der Waals surface area contributed by atoms with Crippen LogP contribution in [0.2, 0.25) is 0 Å². The van der Waals surface area contributed by atoms with Gasteiger partial charge in [0, 0.05) is 11.8 Å². The van der Waals surface area contributed by atoms with Crippen LogP contribution >= 0.6 is 0 Å². The standard InChI is InChI=1S/C25H27NO3/c1-19-9-6-15-24(20(19)2)29-18-25(27)26-22-13-7-14-23(17-22)28-16-8-12-21-10-4-3-5-11-21/h3-7,9-11,13-15,17H,8,12,16,18H2,1-2H3,(H,26,27). The van der Waals surface area contributed by atoms with Crippen LogP contribution in [0, 0.1) is 13.8 Å². The molecule has 0 aliphatic rings. The fourth-order valence-corrected chi connectivity index (χ4v) is 3.00. The van der Waals surface area contributed by atoms with Crippen LogP contribution in [0.1, 0.15) is 23.1 Å². The number of anilines is 1. The quantitative estimate of drug-likeness (QED) is 0.503. The lowest BCUT2D eigenvalue weighted by molar-refractivity contribution is -0.118. The van der Waals surface area contributed by atoms with Gasteiger partial charge in [-0.1, -0.05) is 48.5 Å². The maximum Gasteiger partial charge on any atom is 0.262 e. The molecule has 150 valence electrons. The lowest BCUT2D eigenvalue weighted by atomic mass is 10.1. The monoisotopic (exact) mass is 389 g/mol. The first-order valence-corrected chi connectivity index (χ1v) is 9.87. The molecule has 0 aliphatic carbocycles. The van der Waals surface area contributed by atoms with E-state index in [0.29, 0.717) is 12.3 Å². The Labute approximate surface area is 172 Å². The lowest BCUT2D eigenvalue weighted by Gasteiger charge is -2.12. The van der Waals surface area contributed by atoms with Gasteiger partial charge in [0.25, 0.3) is 5.91 Å². The van der Waals surface area contributed by atoms with Gasteiger partial charge >= 0.3 is 0 Å². The molecule has 0 radical (unpaired) electrons. The van der Waals surface area contributed by atoms with Crippen molar-refractivity contribution in [1.82, 2.24) is 0 Å². The van der Waals surface area contributed by atoms with E-state index >= 15 is 0 Å². The second-order valence-corrected chi connectivity index (χ2v) is 7.00. The molecule has 0 saturated carbocycles. The van der Waals surface area contributed by atoms with Gasteiger partial charge < -0.3 is 14.8 Å². The molecule has 1 N–H and O–H groups in total. The average Bonchev–Trinajstić information content (AvgIpc) is 2.73. The van der Waals surface area contributed by atoms with E-state index in [1.165, 1.54) is 5.56 Å². The largest absolute Gasteiger partial charge is 0.494 e. The zero-order valence-corrected chi connectivity index (χ0v) is 17.0. The molecule has 3 rings (SSSR count). The van der Waals surface area contributed by atoms with E-state index in [1.54, 1.807) is 0 Å². The molecule has 3 aromatic carbocycles. The van der Waals surface area contributed by atoms with E-state index in [4.69, 9.17) is 9.47 Å². The molecule has 0 aliphatic heterocycles. The summed E-state index contributed by atoms with van der Waals surface area (Å²) in [7, 11) is 0. The molecule has 0 aromatic heterocycles. The van der Waals surface area contributed by atoms with Gasteiger partial charge in [-0.15, -0.1) is 0 Å². The van der Waals surface area contributed by atoms with Gasteiger partial charge in [-0.25, -0.2) is 0 Å². The maximum atomic E-state index is 12.2. The highest BCUT2D eigenvalue weighted by Gasteiger charge is 2.07. The molecule has 0 heterocycles. The normalized spacial score (nSPS) is 10.4. The average molecular weight is 389 g/mol. The lowest BCUT2D eigenvalue weighted by Crippen LogP contribution is -2.20. The molecule has 1 amide bonds. The highest BCUT2D eigenvalue weighted by molar-refractivity contribution is 5.92. The Morgan fingerprint density at radius 3 is 2.52 bits per heavy atom. The van der Waals surface area contributed by atoms with Crippen molar-refractivity contribution in [2.75, 3.05) is 18.5 Å².